The molecular formula is C27H34BrClN6O3. The van der Waals surface area contributed by atoms with Crippen LogP contribution in [0.15, 0.2) is 28.9 Å². The van der Waals surface area contributed by atoms with Crippen molar-refractivity contribution in [3.8, 4) is 0 Å². The van der Waals surface area contributed by atoms with E-state index in [2.05, 4.69) is 43.9 Å². The molecule has 0 bridgehead atoms. The van der Waals surface area contributed by atoms with Gasteiger partial charge in [0, 0.05) is 67.5 Å². The zero-order valence-electron chi connectivity index (χ0n) is 21.8. The number of ether oxygens (including phenoxy) is 1. The number of aromatic nitrogens is 3. The fraction of sp³-hybridized carbons (Fsp3) is 0.481. The molecule has 9 nitrogen and oxygen atoms in total. The van der Waals surface area contributed by atoms with Crippen molar-refractivity contribution < 1.29 is 14.3 Å². The van der Waals surface area contributed by atoms with E-state index in [4.69, 9.17) is 21.3 Å². The Hall–Kier alpha value is -2.69. The maximum atomic E-state index is 12.7. The second-order valence-electron chi connectivity index (χ2n) is 9.30. The number of halogens is 2. The first-order valence-corrected chi connectivity index (χ1v) is 14.3. The summed E-state index contributed by atoms with van der Waals surface area (Å²) in [5.41, 5.74) is 4.64. The van der Waals surface area contributed by atoms with Crippen molar-refractivity contribution in [1.82, 2.24) is 25.4 Å². The third-order valence-corrected chi connectivity index (χ3v) is 7.91. The number of hydrogen-bond acceptors (Lipinski definition) is 6. The lowest BCUT2D eigenvalue weighted by molar-refractivity contribution is -0.126. The molecule has 2 aromatic heterocycles. The van der Waals surface area contributed by atoms with Gasteiger partial charge in [-0.3, -0.25) is 9.59 Å². The van der Waals surface area contributed by atoms with Gasteiger partial charge in [-0.15, -0.1) is 0 Å². The van der Waals surface area contributed by atoms with Crippen molar-refractivity contribution in [3.05, 3.63) is 50.7 Å². The van der Waals surface area contributed by atoms with Crippen molar-refractivity contribution in [3.63, 3.8) is 0 Å². The van der Waals surface area contributed by atoms with Crippen molar-refractivity contribution >= 4 is 56.1 Å². The van der Waals surface area contributed by atoms with E-state index < -0.39 is 0 Å². The molecule has 1 aliphatic rings. The number of carbonyl (C=O) groups excluding carboxylic acids is 2. The van der Waals surface area contributed by atoms with Gasteiger partial charge in [-0.05, 0) is 59.8 Å². The summed E-state index contributed by atoms with van der Waals surface area (Å²) in [6, 6.07) is 5.77. The van der Waals surface area contributed by atoms with E-state index in [1.807, 2.05) is 29.9 Å². The zero-order valence-corrected chi connectivity index (χ0v) is 24.1. The van der Waals surface area contributed by atoms with Gasteiger partial charge in [-0.25, -0.2) is 9.67 Å². The van der Waals surface area contributed by atoms with Crippen molar-refractivity contribution in [2.24, 2.45) is 0 Å². The fourth-order valence-corrected chi connectivity index (χ4v) is 5.09. The lowest BCUT2D eigenvalue weighted by atomic mass is 10.0. The summed E-state index contributed by atoms with van der Waals surface area (Å²) in [5.74, 6) is -0.366. The van der Waals surface area contributed by atoms with Crippen molar-refractivity contribution in [2.45, 2.75) is 71.6 Å². The maximum Gasteiger partial charge on any atom is 0.220 e. The second-order valence-corrected chi connectivity index (χ2v) is 10.6. The fourth-order valence-electron chi connectivity index (χ4n) is 4.54. The number of pyridine rings is 1. The Labute approximate surface area is 236 Å². The predicted molar refractivity (Wildman–Crippen MR) is 152 cm³/mol. The Balaban J connectivity index is 1.40. The highest BCUT2D eigenvalue weighted by Crippen LogP contribution is 2.31. The van der Waals surface area contributed by atoms with Crippen LogP contribution in [0.2, 0.25) is 5.02 Å². The number of fused-ring (bicyclic) bond motifs is 1. The third kappa shape index (κ3) is 7.03. The summed E-state index contributed by atoms with van der Waals surface area (Å²) >= 11 is 9.40. The first-order valence-electron chi connectivity index (χ1n) is 13.1. The number of nitrogens with one attached hydrogen (secondary N) is 3. The Morgan fingerprint density at radius 2 is 1.84 bits per heavy atom. The quantitative estimate of drug-likeness (QED) is 0.292. The number of rotatable bonds is 11. The van der Waals surface area contributed by atoms with E-state index in [0.29, 0.717) is 18.1 Å². The lowest BCUT2D eigenvalue weighted by Gasteiger charge is -2.26. The number of hydrogen-bond donors (Lipinski definition) is 3. The molecule has 0 atom stereocenters. The van der Waals surface area contributed by atoms with E-state index in [0.717, 1.165) is 77.0 Å². The van der Waals surface area contributed by atoms with Crippen LogP contribution in [0.4, 0.5) is 5.69 Å². The number of anilines is 1. The van der Waals surface area contributed by atoms with E-state index >= 15 is 0 Å². The molecule has 1 fully saturated rings. The maximum absolute atomic E-state index is 12.7. The molecule has 0 spiro atoms. The first kappa shape index (κ1) is 28.3. The Bertz CT molecular complexity index is 1290. The largest absolute Gasteiger partial charge is 0.381 e. The van der Waals surface area contributed by atoms with E-state index in [1.54, 1.807) is 6.07 Å². The highest BCUT2D eigenvalue weighted by molar-refractivity contribution is 9.10. The summed E-state index contributed by atoms with van der Waals surface area (Å²) in [4.78, 5) is 29.9. The molecule has 0 radical (unpaired) electrons. The Kier molecular flexibility index (Phi) is 9.98. The molecule has 1 saturated heterocycles. The standard InChI is InChI=1S/C27H34BrClN6O3/c1-3-23-19(15-31-25(37)8-7-24(36)30-14-17-5-6-22(29)21(28)13-17)26(33-18-9-11-38-12-10-18)20-16-32-35(4-2)27(20)34-23/h5-6,13,16,18H,3-4,7-12,14-15H2,1-2H3,(H,30,36)(H,31,37)(H,33,34). The molecule has 3 N–H and O–H groups in total. The summed E-state index contributed by atoms with van der Waals surface area (Å²) < 4.78 is 8.20. The lowest BCUT2D eigenvalue weighted by Crippen LogP contribution is -2.30. The summed E-state index contributed by atoms with van der Waals surface area (Å²) in [5, 5.41) is 15.7. The van der Waals surface area contributed by atoms with Gasteiger partial charge in [0.25, 0.3) is 0 Å². The van der Waals surface area contributed by atoms with Crippen LogP contribution in [-0.2, 0) is 40.4 Å². The van der Waals surface area contributed by atoms with Crippen molar-refractivity contribution in [2.75, 3.05) is 18.5 Å². The van der Waals surface area contributed by atoms with Gasteiger partial charge in [0.15, 0.2) is 5.65 Å². The van der Waals surface area contributed by atoms with Crippen LogP contribution in [0.3, 0.4) is 0 Å². The van der Waals surface area contributed by atoms with E-state index in [1.165, 1.54) is 0 Å². The number of carbonyl (C=O) groups is 2. The molecule has 0 aliphatic carbocycles. The van der Waals surface area contributed by atoms with Crippen LogP contribution in [-0.4, -0.2) is 45.8 Å². The molecular weight excluding hydrogens is 572 g/mol. The molecule has 1 aromatic carbocycles. The highest BCUT2D eigenvalue weighted by atomic mass is 79.9. The van der Waals surface area contributed by atoms with Gasteiger partial charge in [0.1, 0.15) is 0 Å². The predicted octanol–water partition coefficient (Wildman–Crippen LogP) is 4.73. The molecule has 3 heterocycles. The van der Waals surface area contributed by atoms with Gasteiger partial charge in [0.2, 0.25) is 11.8 Å². The molecule has 4 rings (SSSR count). The summed E-state index contributed by atoms with van der Waals surface area (Å²) in [6.07, 6.45) is 4.62. The van der Waals surface area contributed by atoms with Gasteiger partial charge in [-0.2, -0.15) is 5.10 Å². The molecule has 204 valence electrons. The van der Waals surface area contributed by atoms with Crippen LogP contribution < -0.4 is 16.0 Å². The van der Waals surface area contributed by atoms with E-state index in [-0.39, 0.29) is 30.7 Å². The van der Waals surface area contributed by atoms with Gasteiger partial charge >= 0.3 is 0 Å². The van der Waals surface area contributed by atoms with E-state index in [9.17, 15) is 9.59 Å². The molecule has 1 aliphatic heterocycles. The van der Waals surface area contributed by atoms with Crippen LogP contribution in [0.5, 0.6) is 0 Å². The second kappa shape index (κ2) is 13.4. The van der Waals surface area contributed by atoms with Gasteiger partial charge in [-0.1, -0.05) is 24.6 Å². The Morgan fingerprint density at radius 1 is 1.13 bits per heavy atom. The van der Waals surface area contributed by atoms with Crippen LogP contribution in [0.25, 0.3) is 11.0 Å². The number of aryl methyl sites for hydroxylation is 2. The normalized spacial score (nSPS) is 14.0. The highest BCUT2D eigenvalue weighted by Gasteiger charge is 2.22. The van der Waals surface area contributed by atoms with Crippen LogP contribution >= 0.6 is 27.5 Å². The SMILES string of the molecule is CCc1nc2c(cnn2CC)c(NC2CCOCC2)c1CNC(=O)CCC(=O)NCc1ccc(Cl)c(Br)c1. The smallest absolute Gasteiger partial charge is 0.220 e. The van der Waals surface area contributed by atoms with Gasteiger partial charge < -0.3 is 20.7 Å². The average molecular weight is 606 g/mol. The van der Waals surface area contributed by atoms with Crippen molar-refractivity contribution in [1.29, 1.82) is 0 Å². The number of nitrogens with zero attached hydrogens (tertiary/aromatic N) is 3. The minimum Gasteiger partial charge on any atom is -0.381 e. The monoisotopic (exact) mass is 604 g/mol. The number of amides is 2. The van der Waals surface area contributed by atoms with Gasteiger partial charge in [0.05, 0.1) is 22.3 Å². The Morgan fingerprint density at radius 3 is 2.50 bits per heavy atom. The molecule has 0 saturated carbocycles. The molecule has 38 heavy (non-hydrogen) atoms. The first-order chi connectivity index (χ1) is 18.4. The number of benzene rings is 1. The summed E-state index contributed by atoms with van der Waals surface area (Å²) in [7, 11) is 0. The summed E-state index contributed by atoms with van der Waals surface area (Å²) in [6.45, 7) is 6.98. The average Bonchev–Trinajstić information content (AvgIpc) is 3.35. The molecule has 0 unspecified atom stereocenters. The third-order valence-electron chi connectivity index (χ3n) is 6.69. The zero-order chi connectivity index (χ0) is 27.1. The molecule has 2 amide bonds. The molecule has 3 aromatic rings. The van der Waals surface area contributed by atoms with Crippen LogP contribution in [0, 0.1) is 0 Å². The minimum absolute atomic E-state index is 0.101. The minimum atomic E-state index is -0.183. The topological polar surface area (TPSA) is 110 Å². The molecule has 11 heteroatoms. The van der Waals surface area contributed by atoms with Crippen LogP contribution in [0.1, 0.15) is 56.4 Å².